The molecular weight excluding hydrogens is 1340 g/mol. The van der Waals surface area contributed by atoms with Crippen LogP contribution in [0.25, 0.3) is 0 Å². The van der Waals surface area contributed by atoms with Crippen LogP contribution in [-0.4, -0.2) is 96.7 Å². The number of hydrogen-bond acceptors (Lipinski definition) is 15. The standard InChI is InChI=1S/C84H164O17P2/c1-8-11-12-13-14-15-16-17-18-19-20-21-22-23-27-30-33-36-39-42-51-58-65-81(86)94-71-79(100-83(88)67-60-53-43-40-37-34-31-28-25-24-26-29-32-35-38-41-49-56-63-76(6)9-2)73-98-102(90,91)96-69-78(85)70-97-103(92,93)99-74-80(72-95-82(87)66-59-52-46-44-48-55-62-75(4)5)101-84(89)68-61-54-47-45-50-57-64-77(7)10-3/h75-80,85H,8-74H2,1-7H3,(H,90,91)(H,92,93)/t76?,77?,78-,79-,80-/m1/s1. The Balaban J connectivity index is 5.16. The average Bonchev–Trinajstić information content (AvgIpc) is 0.911. The Bertz CT molecular complexity index is 2000. The van der Waals surface area contributed by atoms with Gasteiger partial charge in [0.1, 0.15) is 19.3 Å². The highest BCUT2D eigenvalue weighted by Crippen LogP contribution is 2.45. The second-order valence-corrected chi connectivity index (χ2v) is 34.1. The number of hydrogen-bond donors (Lipinski definition) is 3. The van der Waals surface area contributed by atoms with Crippen LogP contribution in [0.4, 0.5) is 0 Å². The first-order valence-electron chi connectivity index (χ1n) is 43.4. The molecule has 0 aliphatic rings. The van der Waals surface area contributed by atoms with Gasteiger partial charge in [-0.25, -0.2) is 9.13 Å². The van der Waals surface area contributed by atoms with Crippen LogP contribution in [0.5, 0.6) is 0 Å². The molecule has 103 heavy (non-hydrogen) atoms. The summed E-state index contributed by atoms with van der Waals surface area (Å²) in [5.74, 6) is 0.154. The minimum Gasteiger partial charge on any atom is -0.462 e. The maximum absolute atomic E-state index is 13.1. The van der Waals surface area contributed by atoms with E-state index >= 15 is 0 Å². The quantitative estimate of drug-likeness (QED) is 0.0222. The minimum atomic E-state index is -4.96. The van der Waals surface area contributed by atoms with Crippen molar-refractivity contribution in [3.05, 3.63) is 0 Å². The van der Waals surface area contributed by atoms with Gasteiger partial charge >= 0.3 is 39.5 Å². The maximum atomic E-state index is 13.1. The van der Waals surface area contributed by atoms with Crippen molar-refractivity contribution >= 4 is 39.5 Å². The fourth-order valence-electron chi connectivity index (χ4n) is 13.0. The van der Waals surface area contributed by atoms with Crippen molar-refractivity contribution in [3.63, 3.8) is 0 Å². The molecule has 612 valence electrons. The first kappa shape index (κ1) is 101. The first-order chi connectivity index (χ1) is 49.8. The van der Waals surface area contributed by atoms with E-state index in [0.29, 0.717) is 31.6 Å². The van der Waals surface area contributed by atoms with Crippen molar-refractivity contribution in [2.24, 2.45) is 17.8 Å². The topological polar surface area (TPSA) is 237 Å². The van der Waals surface area contributed by atoms with E-state index in [4.69, 9.17) is 37.0 Å². The number of aliphatic hydroxyl groups excluding tert-OH is 1. The Morgan fingerprint density at radius 3 is 0.738 bits per heavy atom. The lowest BCUT2D eigenvalue weighted by Gasteiger charge is -2.21. The molecule has 0 heterocycles. The predicted molar refractivity (Wildman–Crippen MR) is 423 cm³/mol. The number of phosphoric ester groups is 2. The number of esters is 4. The zero-order valence-corrected chi connectivity index (χ0v) is 69.6. The molecule has 0 amide bonds. The van der Waals surface area contributed by atoms with Crippen molar-refractivity contribution in [2.45, 2.75) is 458 Å². The molecule has 7 atom stereocenters. The number of aliphatic hydroxyl groups is 1. The molecule has 0 radical (unpaired) electrons. The predicted octanol–water partition coefficient (Wildman–Crippen LogP) is 25.3. The third-order valence-corrected chi connectivity index (χ3v) is 22.3. The number of carbonyl (C=O) groups excluding carboxylic acids is 4. The van der Waals surface area contributed by atoms with Crippen LogP contribution in [0, 0.1) is 17.8 Å². The van der Waals surface area contributed by atoms with Crippen molar-refractivity contribution in [2.75, 3.05) is 39.6 Å². The molecule has 0 aromatic carbocycles. The molecule has 4 unspecified atom stereocenters. The second kappa shape index (κ2) is 74.2. The fraction of sp³-hybridized carbons (Fsp3) is 0.952. The largest absolute Gasteiger partial charge is 0.472 e. The van der Waals surface area contributed by atoms with Gasteiger partial charge in [-0.15, -0.1) is 0 Å². The summed E-state index contributed by atoms with van der Waals surface area (Å²) >= 11 is 0. The van der Waals surface area contributed by atoms with E-state index in [0.717, 1.165) is 108 Å². The highest BCUT2D eigenvalue weighted by atomic mass is 31.2. The van der Waals surface area contributed by atoms with Crippen LogP contribution < -0.4 is 0 Å². The fourth-order valence-corrected chi connectivity index (χ4v) is 14.5. The Morgan fingerprint density at radius 1 is 0.282 bits per heavy atom. The molecule has 0 spiro atoms. The average molecular weight is 1510 g/mol. The molecule has 0 aliphatic heterocycles. The number of unbranched alkanes of at least 4 members (excludes halogenated alkanes) is 48. The van der Waals surface area contributed by atoms with Crippen LogP contribution in [0.1, 0.15) is 440 Å². The van der Waals surface area contributed by atoms with Crippen LogP contribution in [0.3, 0.4) is 0 Å². The normalized spacial score (nSPS) is 14.4. The third-order valence-electron chi connectivity index (χ3n) is 20.4. The summed E-state index contributed by atoms with van der Waals surface area (Å²) in [6.07, 6.45) is 64.4. The molecule has 0 bridgehead atoms. The number of ether oxygens (including phenoxy) is 4. The first-order valence-corrected chi connectivity index (χ1v) is 46.4. The van der Waals surface area contributed by atoms with Crippen molar-refractivity contribution in [3.8, 4) is 0 Å². The summed E-state index contributed by atoms with van der Waals surface area (Å²) in [5.41, 5.74) is 0. The molecule has 19 heteroatoms. The number of phosphoric acid groups is 2. The summed E-state index contributed by atoms with van der Waals surface area (Å²) in [6.45, 7) is 11.9. The molecule has 0 aromatic rings. The Labute approximate surface area is 632 Å². The summed E-state index contributed by atoms with van der Waals surface area (Å²) in [4.78, 5) is 73.0. The van der Waals surface area contributed by atoms with Crippen LogP contribution in [0.15, 0.2) is 0 Å². The van der Waals surface area contributed by atoms with E-state index in [1.807, 2.05) is 0 Å². The monoisotopic (exact) mass is 1510 g/mol. The van der Waals surface area contributed by atoms with Gasteiger partial charge in [0.05, 0.1) is 26.4 Å². The Hall–Kier alpha value is -1.94. The summed E-state index contributed by atoms with van der Waals surface area (Å²) in [7, 11) is -9.92. The minimum absolute atomic E-state index is 0.102. The summed E-state index contributed by atoms with van der Waals surface area (Å²) in [5, 5.41) is 10.6. The summed E-state index contributed by atoms with van der Waals surface area (Å²) < 4.78 is 68.7. The van der Waals surface area contributed by atoms with Crippen molar-refractivity contribution < 1.29 is 80.2 Å². The summed E-state index contributed by atoms with van der Waals surface area (Å²) in [6, 6.07) is 0. The molecule has 0 rings (SSSR count). The lowest BCUT2D eigenvalue weighted by Crippen LogP contribution is -2.30. The molecule has 0 aromatic heterocycles. The molecule has 0 saturated heterocycles. The van der Waals surface area contributed by atoms with Gasteiger partial charge in [0, 0.05) is 25.7 Å². The van der Waals surface area contributed by atoms with Gasteiger partial charge in [-0.05, 0) is 43.4 Å². The SMILES string of the molecule is CCCCCCCCCCCCCCCCCCCCCCCCC(=O)OC[C@H](COP(=O)(O)OC[C@@H](O)COP(=O)(O)OC[C@@H](COC(=O)CCCCCCCCC(C)C)OC(=O)CCCCCCCCC(C)CC)OC(=O)CCCCCCCCCCCCCCCCCCCCC(C)CC. The molecule has 3 N–H and O–H groups in total. The van der Waals surface area contributed by atoms with Gasteiger partial charge in [-0.3, -0.25) is 37.3 Å². The van der Waals surface area contributed by atoms with Gasteiger partial charge in [0.15, 0.2) is 12.2 Å². The van der Waals surface area contributed by atoms with Gasteiger partial charge in [0.2, 0.25) is 0 Å². The highest BCUT2D eigenvalue weighted by Gasteiger charge is 2.30. The zero-order chi connectivity index (χ0) is 75.8. The molecule has 0 fully saturated rings. The van der Waals surface area contributed by atoms with E-state index in [-0.39, 0.29) is 25.7 Å². The van der Waals surface area contributed by atoms with E-state index in [1.54, 1.807) is 0 Å². The van der Waals surface area contributed by atoms with Crippen LogP contribution >= 0.6 is 15.6 Å². The smallest absolute Gasteiger partial charge is 0.462 e. The lowest BCUT2D eigenvalue weighted by molar-refractivity contribution is -0.161. The molecular formula is C84H164O17P2. The van der Waals surface area contributed by atoms with Crippen LogP contribution in [-0.2, 0) is 65.4 Å². The third kappa shape index (κ3) is 75.3. The molecule has 17 nitrogen and oxygen atoms in total. The van der Waals surface area contributed by atoms with E-state index in [9.17, 15) is 43.2 Å². The Morgan fingerprint density at radius 2 is 0.495 bits per heavy atom. The van der Waals surface area contributed by atoms with Crippen molar-refractivity contribution in [1.29, 1.82) is 0 Å². The van der Waals surface area contributed by atoms with E-state index in [1.165, 1.54) is 244 Å². The lowest BCUT2D eigenvalue weighted by atomic mass is 9.99. The van der Waals surface area contributed by atoms with Gasteiger partial charge in [-0.2, -0.15) is 0 Å². The number of rotatable bonds is 82. The molecule has 0 saturated carbocycles. The van der Waals surface area contributed by atoms with Gasteiger partial charge < -0.3 is 33.8 Å². The van der Waals surface area contributed by atoms with Crippen LogP contribution in [0.2, 0.25) is 0 Å². The van der Waals surface area contributed by atoms with Gasteiger partial charge in [0.25, 0.3) is 0 Å². The highest BCUT2D eigenvalue weighted by molar-refractivity contribution is 7.47. The van der Waals surface area contributed by atoms with E-state index < -0.39 is 97.5 Å². The maximum Gasteiger partial charge on any atom is 0.472 e. The number of carbonyl (C=O) groups is 4. The second-order valence-electron chi connectivity index (χ2n) is 31.2. The van der Waals surface area contributed by atoms with Gasteiger partial charge in [-0.1, -0.05) is 389 Å². The van der Waals surface area contributed by atoms with Crippen molar-refractivity contribution in [1.82, 2.24) is 0 Å². The molecule has 0 aliphatic carbocycles. The Kier molecular flexibility index (Phi) is 72.8. The van der Waals surface area contributed by atoms with E-state index in [2.05, 4.69) is 48.5 Å². The zero-order valence-electron chi connectivity index (χ0n) is 67.8.